The molecule has 0 radical (unpaired) electrons. The van der Waals surface area contributed by atoms with E-state index in [4.69, 9.17) is 11.6 Å². The number of nitrogens with one attached hydrogen (secondary N) is 2. The molecule has 108 valence electrons. The molecule has 2 aromatic rings. The van der Waals surface area contributed by atoms with Gasteiger partial charge >= 0.3 is 0 Å². The molecule has 0 aliphatic heterocycles. The maximum absolute atomic E-state index is 12.3. The third-order valence-electron chi connectivity index (χ3n) is 2.73. The van der Waals surface area contributed by atoms with E-state index in [1.54, 1.807) is 18.2 Å². The molecule has 2 N–H and O–H groups in total. The normalized spacial score (nSPS) is 11.6. The molecular weight excluding hydrogens is 316 g/mol. The van der Waals surface area contributed by atoms with Crippen LogP contribution in [0.15, 0.2) is 33.9 Å². The molecule has 0 amide bonds. The lowest BCUT2D eigenvalue weighted by molar-refractivity contribution is 0.603. The second-order valence-corrected chi connectivity index (χ2v) is 7.57. The van der Waals surface area contributed by atoms with Gasteiger partial charge < -0.3 is 5.32 Å². The molecule has 0 aliphatic rings. The number of anilines is 1. The van der Waals surface area contributed by atoms with Crippen LogP contribution in [0.4, 0.5) is 5.69 Å². The highest BCUT2D eigenvalue weighted by molar-refractivity contribution is 7.94. The molecule has 2 rings (SSSR count). The number of para-hydroxylation sites is 1. The molecule has 0 fully saturated rings. The van der Waals surface area contributed by atoms with E-state index in [0.717, 1.165) is 11.1 Å². The summed E-state index contributed by atoms with van der Waals surface area (Å²) in [5.41, 5.74) is 2.15. The van der Waals surface area contributed by atoms with Gasteiger partial charge in [0.15, 0.2) is 0 Å². The summed E-state index contributed by atoms with van der Waals surface area (Å²) in [4.78, 5) is 0. The van der Waals surface area contributed by atoms with Gasteiger partial charge in [-0.25, -0.2) is 8.42 Å². The minimum Gasteiger partial charge on any atom is -0.316 e. The van der Waals surface area contributed by atoms with E-state index >= 15 is 0 Å². The highest BCUT2D eigenvalue weighted by atomic mass is 35.5. The molecule has 0 atom stereocenters. The van der Waals surface area contributed by atoms with Gasteiger partial charge in [0.2, 0.25) is 0 Å². The minimum atomic E-state index is -3.60. The summed E-state index contributed by atoms with van der Waals surface area (Å²) in [6, 6.07) is 6.92. The summed E-state index contributed by atoms with van der Waals surface area (Å²) in [5, 5.41) is 5.20. The summed E-state index contributed by atoms with van der Waals surface area (Å²) in [7, 11) is -1.78. The third-order valence-corrected chi connectivity index (χ3v) is 5.89. The molecule has 0 bridgehead atoms. The average molecular weight is 331 g/mol. The van der Waals surface area contributed by atoms with Crippen LogP contribution in [0.1, 0.15) is 11.1 Å². The van der Waals surface area contributed by atoms with E-state index < -0.39 is 10.0 Å². The number of benzene rings is 1. The Morgan fingerprint density at radius 2 is 2.10 bits per heavy atom. The number of rotatable bonds is 5. The maximum atomic E-state index is 12.3. The second kappa shape index (κ2) is 6.13. The molecule has 7 heteroatoms. The minimum absolute atomic E-state index is 0.280. The zero-order chi connectivity index (χ0) is 14.8. The monoisotopic (exact) mass is 330 g/mol. The number of sulfonamides is 1. The molecular formula is C13H15ClN2O2S2. The van der Waals surface area contributed by atoms with Crippen LogP contribution in [0.25, 0.3) is 0 Å². The molecule has 0 saturated heterocycles. The lowest BCUT2D eigenvalue weighted by atomic mass is 10.2. The molecule has 0 spiro atoms. The third kappa shape index (κ3) is 3.32. The molecule has 0 saturated carbocycles. The molecule has 0 aliphatic carbocycles. The van der Waals surface area contributed by atoms with Crippen molar-refractivity contribution in [2.24, 2.45) is 0 Å². The smallest absolute Gasteiger partial charge is 0.271 e. The van der Waals surface area contributed by atoms with Crippen LogP contribution < -0.4 is 10.0 Å². The van der Waals surface area contributed by atoms with Gasteiger partial charge in [-0.05, 0) is 42.6 Å². The van der Waals surface area contributed by atoms with E-state index in [-0.39, 0.29) is 4.21 Å². The molecule has 20 heavy (non-hydrogen) atoms. The van der Waals surface area contributed by atoms with Crippen LogP contribution >= 0.6 is 22.9 Å². The lowest BCUT2D eigenvalue weighted by Crippen LogP contribution is -2.13. The first-order valence-corrected chi connectivity index (χ1v) is 8.68. The summed E-state index contributed by atoms with van der Waals surface area (Å²) in [6.07, 6.45) is 0. The standard InChI is InChI=1S/C13H15ClN2O2S2/c1-9-4-3-5-11(14)13(9)16-20(17,18)12-6-10(7-15-2)8-19-12/h3-6,8,15-16H,7H2,1-2H3. The fourth-order valence-corrected chi connectivity index (χ4v) is 4.42. The summed E-state index contributed by atoms with van der Waals surface area (Å²) in [5.74, 6) is 0. The van der Waals surface area contributed by atoms with Crippen LogP contribution in [0.5, 0.6) is 0 Å². The Morgan fingerprint density at radius 3 is 2.75 bits per heavy atom. The largest absolute Gasteiger partial charge is 0.316 e. The number of hydrogen-bond acceptors (Lipinski definition) is 4. The Morgan fingerprint density at radius 1 is 1.35 bits per heavy atom. The SMILES string of the molecule is CNCc1csc(S(=O)(=O)Nc2c(C)cccc2Cl)c1. The van der Waals surface area contributed by atoms with Crippen LogP contribution in [-0.2, 0) is 16.6 Å². The average Bonchev–Trinajstić information content (AvgIpc) is 2.84. The highest BCUT2D eigenvalue weighted by Gasteiger charge is 2.19. The predicted molar refractivity (Wildman–Crippen MR) is 84.1 cm³/mol. The Balaban J connectivity index is 2.31. The van der Waals surface area contributed by atoms with E-state index in [2.05, 4.69) is 10.0 Å². The van der Waals surface area contributed by atoms with Gasteiger partial charge in [-0.3, -0.25) is 4.72 Å². The van der Waals surface area contributed by atoms with Gasteiger partial charge in [0.25, 0.3) is 10.0 Å². The van der Waals surface area contributed by atoms with Crippen LogP contribution in [0.3, 0.4) is 0 Å². The quantitative estimate of drug-likeness (QED) is 0.885. The van der Waals surface area contributed by atoms with Crippen molar-refractivity contribution in [1.82, 2.24) is 5.32 Å². The van der Waals surface area contributed by atoms with Crippen LogP contribution in [0.2, 0.25) is 5.02 Å². The van der Waals surface area contributed by atoms with Crippen molar-refractivity contribution in [3.05, 3.63) is 45.8 Å². The van der Waals surface area contributed by atoms with E-state index in [0.29, 0.717) is 17.3 Å². The maximum Gasteiger partial charge on any atom is 0.271 e. The number of thiophene rings is 1. The molecule has 1 aromatic heterocycles. The summed E-state index contributed by atoms with van der Waals surface area (Å²) >= 11 is 7.24. The summed E-state index contributed by atoms with van der Waals surface area (Å²) < 4.78 is 27.5. The molecule has 1 heterocycles. The van der Waals surface area contributed by atoms with Gasteiger partial charge in [0, 0.05) is 6.54 Å². The first kappa shape index (κ1) is 15.3. The fraction of sp³-hybridized carbons (Fsp3) is 0.231. The van der Waals surface area contributed by atoms with Crippen molar-refractivity contribution in [3.63, 3.8) is 0 Å². The fourth-order valence-electron chi connectivity index (χ4n) is 1.74. The molecule has 4 nitrogen and oxygen atoms in total. The van der Waals surface area contributed by atoms with E-state index in [1.807, 2.05) is 25.4 Å². The first-order chi connectivity index (χ1) is 9.44. The van der Waals surface area contributed by atoms with Gasteiger partial charge in [-0.2, -0.15) is 0 Å². The van der Waals surface area contributed by atoms with Crippen LogP contribution in [-0.4, -0.2) is 15.5 Å². The van der Waals surface area contributed by atoms with Crippen molar-refractivity contribution in [2.45, 2.75) is 17.7 Å². The highest BCUT2D eigenvalue weighted by Crippen LogP contribution is 2.29. The Hall–Kier alpha value is -1.08. The van der Waals surface area contributed by atoms with E-state index in [9.17, 15) is 8.42 Å². The zero-order valence-electron chi connectivity index (χ0n) is 11.1. The zero-order valence-corrected chi connectivity index (χ0v) is 13.5. The predicted octanol–water partition coefficient (Wildman–Crippen LogP) is 3.23. The van der Waals surface area contributed by atoms with Gasteiger partial charge in [-0.15, -0.1) is 11.3 Å². The summed E-state index contributed by atoms with van der Waals surface area (Å²) in [6.45, 7) is 2.45. The van der Waals surface area contributed by atoms with Crippen molar-refractivity contribution in [2.75, 3.05) is 11.8 Å². The van der Waals surface area contributed by atoms with Crippen molar-refractivity contribution in [3.8, 4) is 0 Å². The van der Waals surface area contributed by atoms with Crippen molar-refractivity contribution < 1.29 is 8.42 Å². The Bertz CT molecular complexity index is 691. The number of aryl methyl sites for hydroxylation is 1. The first-order valence-electron chi connectivity index (χ1n) is 5.94. The topological polar surface area (TPSA) is 58.2 Å². The van der Waals surface area contributed by atoms with Gasteiger partial charge in [0.05, 0.1) is 10.7 Å². The lowest BCUT2D eigenvalue weighted by Gasteiger charge is -2.10. The Kier molecular flexibility index (Phi) is 4.70. The van der Waals surface area contributed by atoms with Crippen molar-refractivity contribution in [1.29, 1.82) is 0 Å². The number of hydrogen-bond donors (Lipinski definition) is 2. The van der Waals surface area contributed by atoms with E-state index in [1.165, 1.54) is 11.3 Å². The molecule has 0 unspecified atom stereocenters. The Labute approximate surface area is 127 Å². The van der Waals surface area contributed by atoms with Crippen LogP contribution in [0, 0.1) is 6.92 Å². The van der Waals surface area contributed by atoms with Gasteiger partial charge in [0.1, 0.15) is 4.21 Å². The molecule has 1 aromatic carbocycles. The van der Waals surface area contributed by atoms with Crippen molar-refractivity contribution >= 4 is 38.6 Å². The second-order valence-electron chi connectivity index (χ2n) is 4.34. The number of halogens is 1. The van der Waals surface area contributed by atoms with Gasteiger partial charge in [-0.1, -0.05) is 23.7 Å².